The average Bonchev–Trinajstić information content (AvgIpc) is 2.81. The van der Waals surface area contributed by atoms with Crippen LogP contribution < -0.4 is 16.4 Å². The second kappa shape index (κ2) is 21.2. The summed E-state index contributed by atoms with van der Waals surface area (Å²) in [5.41, 5.74) is 5.53. The van der Waals surface area contributed by atoms with Crippen molar-refractivity contribution in [3.05, 3.63) is 0 Å². The molecule has 0 rings (SSSR count). The van der Waals surface area contributed by atoms with Crippen molar-refractivity contribution >= 4 is 23.9 Å². The summed E-state index contributed by atoms with van der Waals surface area (Å²) in [7, 11) is 0. The highest BCUT2D eigenvalue weighted by Gasteiger charge is 2.27. The summed E-state index contributed by atoms with van der Waals surface area (Å²) >= 11 is 0. The lowest BCUT2D eigenvalue weighted by atomic mass is 10.1. The number of nitrogens with two attached hydrogens (primary N) is 1. The predicted molar refractivity (Wildman–Crippen MR) is 129 cm³/mol. The molecule has 0 aliphatic rings. The molecule has 2 amide bonds. The third kappa shape index (κ3) is 16.3. The molecule has 10 nitrogen and oxygen atoms in total. The zero-order valence-electron chi connectivity index (χ0n) is 21.2. The Labute approximate surface area is 204 Å². The summed E-state index contributed by atoms with van der Waals surface area (Å²) in [6.45, 7) is 7.23. The van der Waals surface area contributed by atoms with Crippen LogP contribution in [0.2, 0.25) is 0 Å². The summed E-state index contributed by atoms with van der Waals surface area (Å²) in [6.07, 6.45) is 6.49. The number of amides is 2. The second-order valence-corrected chi connectivity index (χ2v) is 8.16. The third-order valence-corrected chi connectivity index (χ3v) is 5.01. The molecule has 0 aromatic rings. The van der Waals surface area contributed by atoms with Crippen molar-refractivity contribution in [2.75, 3.05) is 26.4 Å². The molecule has 0 aliphatic heterocycles. The lowest BCUT2D eigenvalue weighted by molar-refractivity contribution is -0.147. The van der Waals surface area contributed by atoms with Crippen molar-refractivity contribution < 1.29 is 33.4 Å². The molecule has 34 heavy (non-hydrogen) atoms. The van der Waals surface area contributed by atoms with Crippen LogP contribution in [0.25, 0.3) is 0 Å². The van der Waals surface area contributed by atoms with Gasteiger partial charge in [-0.15, -0.1) is 0 Å². The molecule has 0 aromatic heterocycles. The Morgan fingerprint density at radius 3 is 1.62 bits per heavy atom. The quantitative estimate of drug-likeness (QED) is 0.135. The van der Waals surface area contributed by atoms with Gasteiger partial charge in [0.05, 0.1) is 19.8 Å². The molecule has 0 radical (unpaired) electrons. The lowest BCUT2D eigenvalue weighted by Crippen LogP contribution is -2.52. The number of nitrogens with one attached hydrogen (secondary N) is 2. The van der Waals surface area contributed by atoms with Crippen LogP contribution in [-0.4, -0.2) is 62.4 Å². The van der Waals surface area contributed by atoms with Crippen LogP contribution in [-0.2, 0) is 28.6 Å². The van der Waals surface area contributed by atoms with E-state index in [0.717, 1.165) is 32.1 Å². The highest BCUT2D eigenvalue weighted by atomic mass is 16.5. The average molecular weight is 488 g/mol. The number of esters is 3. The summed E-state index contributed by atoms with van der Waals surface area (Å²) in [5, 5.41) is 5.14. The number of hydrogen-bond donors (Lipinski definition) is 3. The Kier molecular flexibility index (Phi) is 19.7. The van der Waals surface area contributed by atoms with E-state index in [1.807, 2.05) is 20.8 Å². The number of unbranched alkanes of at least 4 members (excludes halogenated alkanes) is 4. The van der Waals surface area contributed by atoms with E-state index in [9.17, 15) is 19.2 Å². The zero-order valence-corrected chi connectivity index (χ0v) is 21.2. The minimum Gasteiger partial charge on any atom is -0.466 e. The van der Waals surface area contributed by atoms with Crippen LogP contribution in [0.4, 0.5) is 4.79 Å². The molecular weight excluding hydrogens is 442 g/mol. The number of carbonyl (C=O) groups excluding carboxylic acids is 4. The first-order valence-electron chi connectivity index (χ1n) is 12.6. The summed E-state index contributed by atoms with van der Waals surface area (Å²) in [5.74, 6) is -1.60. The van der Waals surface area contributed by atoms with E-state index < -0.39 is 36.0 Å². The molecule has 0 saturated heterocycles. The van der Waals surface area contributed by atoms with Crippen molar-refractivity contribution in [1.82, 2.24) is 10.6 Å². The maximum absolute atomic E-state index is 12.6. The van der Waals surface area contributed by atoms with Gasteiger partial charge in [-0.25, -0.2) is 14.4 Å². The molecule has 0 bridgehead atoms. The molecule has 2 atom stereocenters. The fourth-order valence-corrected chi connectivity index (χ4v) is 2.85. The largest absolute Gasteiger partial charge is 0.466 e. The van der Waals surface area contributed by atoms with Crippen LogP contribution in [0.15, 0.2) is 0 Å². The number of urea groups is 1. The maximum atomic E-state index is 12.6. The number of rotatable bonds is 20. The molecule has 0 unspecified atom stereocenters. The van der Waals surface area contributed by atoms with Crippen LogP contribution >= 0.6 is 0 Å². The van der Waals surface area contributed by atoms with E-state index in [0.29, 0.717) is 38.8 Å². The smallest absolute Gasteiger partial charge is 0.328 e. The van der Waals surface area contributed by atoms with Gasteiger partial charge < -0.3 is 30.6 Å². The third-order valence-electron chi connectivity index (χ3n) is 5.01. The summed E-state index contributed by atoms with van der Waals surface area (Å²) < 4.78 is 15.6. The first kappa shape index (κ1) is 31.6. The molecule has 0 spiro atoms. The zero-order chi connectivity index (χ0) is 25.6. The van der Waals surface area contributed by atoms with Gasteiger partial charge in [0, 0.05) is 6.42 Å². The SMILES string of the molecule is CCCCOC(=O)CC[C@H](NC(=O)N[C@@H](CCCCN)C(=O)OCCCC)C(=O)OCCCC. The summed E-state index contributed by atoms with van der Waals surface area (Å²) in [6, 6.07) is -2.61. The molecule has 0 saturated carbocycles. The van der Waals surface area contributed by atoms with E-state index in [4.69, 9.17) is 19.9 Å². The van der Waals surface area contributed by atoms with Crippen molar-refractivity contribution in [3.8, 4) is 0 Å². The van der Waals surface area contributed by atoms with Crippen molar-refractivity contribution in [2.24, 2.45) is 5.73 Å². The van der Waals surface area contributed by atoms with Crippen LogP contribution in [0.1, 0.15) is 91.4 Å². The number of carbonyl (C=O) groups is 4. The molecular formula is C24H45N3O7. The Balaban J connectivity index is 5.03. The van der Waals surface area contributed by atoms with Crippen LogP contribution in [0.3, 0.4) is 0 Å². The molecule has 10 heteroatoms. The van der Waals surface area contributed by atoms with Gasteiger partial charge in [-0.2, -0.15) is 0 Å². The highest BCUT2D eigenvalue weighted by molar-refractivity contribution is 5.87. The lowest BCUT2D eigenvalue weighted by Gasteiger charge is -2.21. The Hall–Kier alpha value is -2.36. The first-order valence-corrected chi connectivity index (χ1v) is 12.6. The summed E-state index contributed by atoms with van der Waals surface area (Å²) in [4.78, 5) is 49.5. The fraction of sp³-hybridized carbons (Fsp3) is 0.833. The molecule has 0 heterocycles. The van der Waals surface area contributed by atoms with Gasteiger partial charge in [0.25, 0.3) is 0 Å². The molecule has 0 aromatic carbocycles. The first-order chi connectivity index (χ1) is 16.4. The van der Waals surface area contributed by atoms with Crippen LogP contribution in [0.5, 0.6) is 0 Å². The van der Waals surface area contributed by atoms with Gasteiger partial charge in [0.1, 0.15) is 12.1 Å². The van der Waals surface area contributed by atoms with Crippen LogP contribution in [0, 0.1) is 0 Å². The maximum Gasteiger partial charge on any atom is 0.328 e. The van der Waals surface area contributed by atoms with Gasteiger partial charge in [-0.3, -0.25) is 4.79 Å². The normalized spacial score (nSPS) is 12.4. The fourth-order valence-electron chi connectivity index (χ4n) is 2.85. The van der Waals surface area contributed by atoms with E-state index in [1.54, 1.807) is 0 Å². The van der Waals surface area contributed by atoms with E-state index in [1.165, 1.54) is 0 Å². The van der Waals surface area contributed by atoms with Crippen molar-refractivity contribution in [3.63, 3.8) is 0 Å². The second-order valence-electron chi connectivity index (χ2n) is 8.16. The molecule has 4 N–H and O–H groups in total. The number of ether oxygens (including phenoxy) is 3. The minimum absolute atomic E-state index is 0.0299. The van der Waals surface area contributed by atoms with Crippen molar-refractivity contribution in [2.45, 2.75) is 103 Å². The minimum atomic E-state index is -1.05. The van der Waals surface area contributed by atoms with Gasteiger partial charge in [0.2, 0.25) is 0 Å². The predicted octanol–water partition coefficient (Wildman–Crippen LogP) is 2.96. The number of hydrogen-bond acceptors (Lipinski definition) is 8. The van der Waals surface area contributed by atoms with Gasteiger partial charge in [-0.05, 0) is 51.5 Å². The topological polar surface area (TPSA) is 146 Å². The monoisotopic (exact) mass is 487 g/mol. The van der Waals surface area contributed by atoms with Gasteiger partial charge in [-0.1, -0.05) is 40.0 Å². The van der Waals surface area contributed by atoms with E-state index in [-0.39, 0.29) is 26.1 Å². The van der Waals surface area contributed by atoms with Gasteiger partial charge >= 0.3 is 23.9 Å². The molecule has 0 aliphatic carbocycles. The highest BCUT2D eigenvalue weighted by Crippen LogP contribution is 2.07. The molecule has 0 fully saturated rings. The van der Waals surface area contributed by atoms with E-state index in [2.05, 4.69) is 10.6 Å². The van der Waals surface area contributed by atoms with Crippen molar-refractivity contribution in [1.29, 1.82) is 0 Å². The van der Waals surface area contributed by atoms with E-state index >= 15 is 0 Å². The molecule has 198 valence electrons. The van der Waals surface area contributed by atoms with Gasteiger partial charge in [0.15, 0.2) is 0 Å². The standard InChI is InChI=1S/C24H45N3O7/c1-4-7-16-32-21(28)14-13-20(23(30)34-18-9-6-3)27-24(31)26-19(12-10-11-15-25)22(29)33-17-8-5-2/h19-20H,4-18,25H2,1-3H3,(H2,26,27,31)/t19-,20-/m0/s1. The Bertz CT molecular complexity index is 587. The Morgan fingerprint density at radius 2 is 1.15 bits per heavy atom. The Morgan fingerprint density at radius 1 is 0.676 bits per heavy atom.